The van der Waals surface area contributed by atoms with Crippen molar-refractivity contribution in [2.24, 2.45) is 5.92 Å². The third kappa shape index (κ3) is 6.43. The van der Waals surface area contributed by atoms with Gasteiger partial charge in [-0.3, -0.25) is 0 Å². The zero-order valence-corrected chi connectivity index (χ0v) is 12.4. The first kappa shape index (κ1) is 15.5. The zero-order valence-electron chi connectivity index (χ0n) is 11.6. The van der Waals surface area contributed by atoms with Crippen molar-refractivity contribution >= 4 is 11.8 Å². The molecule has 0 aliphatic rings. The number of benzene rings is 1. The molecule has 0 heterocycles. The Hall–Kier alpha value is -0.510. The summed E-state index contributed by atoms with van der Waals surface area (Å²) in [6.07, 6.45) is 0.747. The van der Waals surface area contributed by atoms with Gasteiger partial charge in [-0.15, -0.1) is 11.8 Å². The van der Waals surface area contributed by atoms with Gasteiger partial charge in [0.15, 0.2) is 0 Å². The maximum atomic E-state index is 9.41. The highest BCUT2D eigenvalue weighted by molar-refractivity contribution is 7.99. The summed E-state index contributed by atoms with van der Waals surface area (Å²) in [5.41, 5.74) is 0.965. The second-order valence-electron chi connectivity index (χ2n) is 4.89. The average Bonchev–Trinajstić information content (AvgIpc) is 2.34. The minimum atomic E-state index is -0.386. The summed E-state index contributed by atoms with van der Waals surface area (Å²) in [7, 11) is 0. The van der Waals surface area contributed by atoms with E-state index in [1.165, 1.54) is 4.90 Å². The van der Waals surface area contributed by atoms with Gasteiger partial charge in [0.25, 0.3) is 0 Å². The molecule has 1 N–H and O–H groups in total. The summed E-state index contributed by atoms with van der Waals surface area (Å²) < 4.78 is 5.57. The number of aliphatic hydroxyl groups excluding tert-OH is 1. The summed E-state index contributed by atoms with van der Waals surface area (Å²) in [6, 6.07) is 8.07. The molecule has 0 aliphatic carbocycles. The van der Waals surface area contributed by atoms with Gasteiger partial charge in [0.2, 0.25) is 0 Å². The van der Waals surface area contributed by atoms with Crippen LogP contribution in [0.4, 0.5) is 0 Å². The van der Waals surface area contributed by atoms with E-state index >= 15 is 0 Å². The number of rotatable bonds is 8. The molecule has 0 amide bonds. The van der Waals surface area contributed by atoms with Crippen LogP contribution < -0.4 is 0 Å². The van der Waals surface area contributed by atoms with E-state index in [0.717, 1.165) is 31.0 Å². The quantitative estimate of drug-likeness (QED) is 0.573. The van der Waals surface area contributed by atoms with Crippen LogP contribution in [0, 0.1) is 5.92 Å². The molecular formula is C15H24O2S. The van der Waals surface area contributed by atoms with Crippen molar-refractivity contribution in [3.63, 3.8) is 0 Å². The van der Waals surface area contributed by atoms with E-state index in [0.29, 0.717) is 5.92 Å². The van der Waals surface area contributed by atoms with E-state index in [9.17, 15) is 5.11 Å². The highest BCUT2D eigenvalue weighted by Crippen LogP contribution is 2.20. The second kappa shape index (κ2) is 8.57. The minimum absolute atomic E-state index is 0.386. The van der Waals surface area contributed by atoms with E-state index in [1.807, 2.05) is 12.1 Å². The highest BCUT2D eigenvalue weighted by Gasteiger charge is 2.00. The molecule has 0 fully saturated rings. The Morgan fingerprint density at radius 1 is 1.11 bits per heavy atom. The molecule has 0 saturated carbocycles. The molecule has 1 aromatic carbocycles. The molecule has 1 aromatic rings. The fraction of sp³-hybridized carbons (Fsp3) is 0.600. The molecule has 102 valence electrons. The van der Waals surface area contributed by atoms with E-state index < -0.39 is 0 Å². The number of ether oxygens (including phenoxy) is 1. The maximum Gasteiger partial charge on any atom is 0.0761 e. The van der Waals surface area contributed by atoms with Crippen molar-refractivity contribution in [3.8, 4) is 0 Å². The van der Waals surface area contributed by atoms with E-state index in [2.05, 4.69) is 26.0 Å². The summed E-state index contributed by atoms with van der Waals surface area (Å²) in [5.74, 6) is 1.69. The van der Waals surface area contributed by atoms with Crippen molar-refractivity contribution in [2.75, 3.05) is 19.0 Å². The van der Waals surface area contributed by atoms with Crippen LogP contribution in [-0.2, 0) is 4.74 Å². The SMILES string of the molecule is CC(C)CCOCCSc1ccc(C(C)O)cc1. The average molecular weight is 268 g/mol. The Bertz CT molecular complexity index is 320. The molecule has 18 heavy (non-hydrogen) atoms. The third-order valence-electron chi connectivity index (χ3n) is 2.70. The first-order chi connectivity index (χ1) is 8.59. The Morgan fingerprint density at radius 3 is 2.33 bits per heavy atom. The van der Waals surface area contributed by atoms with Gasteiger partial charge in [-0.05, 0) is 37.0 Å². The summed E-state index contributed by atoms with van der Waals surface area (Å²) in [6.45, 7) is 7.86. The number of hydrogen-bond donors (Lipinski definition) is 1. The lowest BCUT2D eigenvalue weighted by Crippen LogP contribution is -2.02. The van der Waals surface area contributed by atoms with Gasteiger partial charge >= 0.3 is 0 Å². The molecule has 1 rings (SSSR count). The molecule has 1 unspecified atom stereocenters. The van der Waals surface area contributed by atoms with Crippen LogP contribution in [0.1, 0.15) is 38.9 Å². The second-order valence-corrected chi connectivity index (χ2v) is 6.06. The van der Waals surface area contributed by atoms with Crippen molar-refractivity contribution in [1.82, 2.24) is 0 Å². The Morgan fingerprint density at radius 2 is 1.78 bits per heavy atom. The topological polar surface area (TPSA) is 29.5 Å². The minimum Gasteiger partial charge on any atom is -0.389 e. The van der Waals surface area contributed by atoms with Gasteiger partial charge in [0.1, 0.15) is 0 Å². The number of hydrogen-bond acceptors (Lipinski definition) is 3. The largest absolute Gasteiger partial charge is 0.389 e. The van der Waals surface area contributed by atoms with Crippen LogP contribution >= 0.6 is 11.8 Å². The highest BCUT2D eigenvalue weighted by atomic mass is 32.2. The lowest BCUT2D eigenvalue weighted by Gasteiger charge is -2.07. The van der Waals surface area contributed by atoms with Crippen molar-refractivity contribution in [3.05, 3.63) is 29.8 Å². The van der Waals surface area contributed by atoms with Gasteiger partial charge in [0.05, 0.1) is 12.7 Å². The molecule has 0 aromatic heterocycles. The summed E-state index contributed by atoms with van der Waals surface area (Å²) >= 11 is 1.79. The van der Waals surface area contributed by atoms with Gasteiger partial charge in [-0.2, -0.15) is 0 Å². The Labute approximate surface area is 115 Å². The van der Waals surface area contributed by atoms with Crippen LogP contribution in [0.15, 0.2) is 29.2 Å². The number of thioether (sulfide) groups is 1. The summed E-state index contributed by atoms with van der Waals surface area (Å²) in [4.78, 5) is 1.23. The molecule has 1 atom stereocenters. The standard InChI is InChI=1S/C15H24O2S/c1-12(2)8-9-17-10-11-18-15-6-4-14(5-7-15)13(3)16/h4-7,12-13,16H,8-11H2,1-3H3. The molecule has 0 bridgehead atoms. The first-order valence-electron chi connectivity index (χ1n) is 6.58. The smallest absolute Gasteiger partial charge is 0.0761 e. The van der Waals surface area contributed by atoms with Gasteiger partial charge in [-0.25, -0.2) is 0 Å². The first-order valence-corrected chi connectivity index (χ1v) is 7.56. The molecule has 0 spiro atoms. The monoisotopic (exact) mass is 268 g/mol. The van der Waals surface area contributed by atoms with Crippen LogP contribution in [0.3, 0.4) is 0 Å². The molecule has 0 aliphatic heterocycles. The van der Waals surface area contributed by atoms with Crippen molar-refractivity contribution in [2.45, 2.75) is 38.2 Å². The molecule has 3 heteroatoms. The fourth-order valence-corrected chi connectivity index (χ4v) is 2.25. The van der Waals surface area contributed by atoms with Gasteiger partial charge in [-0.1, -0.05) is 26.0 Å². The maximum absolute atomic E-state index is 9.41. The normalized spacial score (nSPS) is 12.9. The molecule has 0 saturated heterocycles. The van der Waals surface area contributed by atoms with Crippen LogP contribution in [-0.4, -0.2) is 24.1 Å². The van der Waals surface area contributed by atoms with Gasteiger partial charge in [0, 0.05) is 17.3 Å². The van der Waals surface area contributed by atoms with Crippen LogP contribution in [0.5, 0.6) is 0 Å². The molecule has 0 radical (unpaired) electrons. The predicted octanol–water partition coefficient (Wildman–Crippen LogP) is 3.89. The Balaban J connectivity index is 2.15. The zero-order chi connectivity index (χ0) is 13.4. The van der Waals surface area contributed by atoms with Crippen LogP contribution in [0.25, 0.3) is 0 Å². The molecule has 2 nitrogen and oxygen atoms in total. The van der Waals surface area contributed by atoms with E-state index in [1.54, 1.807) is 18.7 Å². The Kier molecular flexibility index (Phi) is 7.40. The lowest BCUT2D eigenvalue weighted by atomic mass is 10.1. The third-order valence-corrected chi connectivity index (χ3v) is 3.67. The summed E-state index contributed by atoms with van der Waals surface area (Å²) in [5, 5.41) is 9.41. The predicted molar refractivity (Wildman–Crippen MR) is 78.1 cm³/mol. The fourth-order valence-electron chi connectivity index (χ4n) is 1.48. The van der Waals surface area contributed by atoms with E-state index in [4.69, 9.17) is 4.74 Å². The molecular weight excluding hydrogens is 244 g/mol. The van der Waals surface area contributed by atoms with Crippen LogP contribution in [0.2, 0.25) is 0 Å². The van der Waals surface area contributed by atoms with E-state index in [-0.39, 0.29) is 6.10 Å². The van der Waals surface area contributed by atoms with Crippen molar-refractivity contribution < 1.29 is 9.84 Å². The van der Waals surface area contributed by atoms with Crippen molar-refractivity contribution in [1.29, 1.82) is 0 Å². The van der Waals surface area contributed by atoms with Gasteiger partial charge < -0.3 is 9.84 Å². The lowest BCUT2D eigenvalue weighted by molar-refractivity contribution is 0.138. The number of aliphatic hydroxyl groups is 1.